The summed E-state index contributed by atoms with van der Waals surface area (Å²) in [5, 5.41) is 2.02. The monoisotopic (exact) mass is 343 g/mol. The Kier molecular flexibility index (Phi) is 5.60. The molecule has 2 heterocycles. The fraction of sp³-hybridized carbons (Fsp3) is 0.500. The molecule has 5 heteroatoms. The average Bonchev–Trinajstić information content (AvgIpc) is 2.83. The molecule has 0 bridgehead atoms. The second-order valence-electron chi connectivity index (χ2n) is 4.50. The normalized spacial score (nSPS) is 17.3. The van der Waals surface area contributed by atoms with E-state index in [0.717, 1.165) is 41.9 Å². The minimum atomic E-state index is 0.0947. The van der Waals surface area contributed by atoms with Crippen molar-refractivity contribution in [1.82, 2.24) is 4.90 Å². The molecule has 0 saturated carbocycles. The van der Waals surface area contributed by atoms with Crippen molar-refractivity contribution in [2.45, 2.75) is 25.9 Å². The Morgan fingerprint density at radius 3 is 2.89 bits per heavy atom. The van der Waals surface area contributed by atoms with E-state index in [-0.39, 0.29) is 5.91 Å². The molecule has 3 nitrogen and oxygen atoms in total. The number of hydrogen-bond donors (Lipinski definition) is 0. The zero-order valence-corrected chi connectivity index (χ0v) is 13.4. The van der Waals surface area contributed by atoms with Crippen molar-refractivity contribution >= 4 is 39.2 Å². The summed E-state index contributed by atoms with van der Waals surface area (Å²) in [6.45, 7) is 4.35. The van der Waals surface area contributed by atoms with E-state index in [4.69, 9.17) is 4.74 Å². The molecule has 0 unspecified atom stereocenters. The highest BCUT2D eigenvalue weighted by molar-refractivity contribution is 9.11. The molecule has 2 rings (SSSR count). The quantitative estimate of drug-likeness (QED) is 0.782. The first kappa shape index (κ1) is 14.8. The molecule has 104 valence electrons. The summed E-state index contributed by atoms with van der Waals surface area (Å²) in [6.07, 6.45) is 5.74. The number of carbonyl (C=O) groups is 1. The number of amides is 1. The van der Waals surface area contributed by atoms with Crippen LogP contribution in [0.5, 0.6) is 0 Å². The third-order valence-electron chi connectivity index (χ3n) is 3.16. The number of likely N-dealkylation sites (tertiary alicyclic amines) is 1. The summed E-state index contributed by atoms with van der Waals surface area (Å²) in [5.74, 6) is 0.0947. The Morgan fingerprint density at radius 1 is 1.58 bits per heavy atom. The van der Waals surface area contributed by atoms with Crippen LogP contribution in [-0.4, -0.2) is 36.6 Å². The van der Waals surface area contributed by atoms with Gasteiger partial charge in [0, 0.05) is 25.8 Å². The summed E-state index contributed by atoms with van der Waals surface area (Å²) in [4.78, 5) is 13.9. The smallest absolute Gasteiger partial charge is 0.246 e. The Labute approximate surface area is 126 Å². The Morgan fingerprint density at radius 2 is 2.32 bits per heavy atom. The van der Waals surface area contributed by atoms with E-state index in [1.807, 2.05) is 29.3 Å². The Bertz CT molecular complexity index is 450. The summed E-state index contributed by atoms with van der Waals surface area (Å²) in [6, 6.07) is 2.01. The van der Waals surface area contributed by atoms with Gasteiger partial charge in [0.2, 0.25) is 5.91 Å². The van der Waals surface area contributed by atoms with E-state index in [2.05, 4.69) is 15.9 Å². The molecule has 0 aromatic carbocycles. The molecular weight excluding hydrogens is 326 g/mol. The summed E-state index contributed by atoms with van der Waals surface area (Å²) < 4.78 is 6.66. The van der Waals surface area contributed by atoms with Crippen LogP contribution in [-0.2, 0) is 9.53 Å². The van der Waals surface area contributed by atoms with Crippen molar-refractivity contribution in [2.24, 2.45) is 0 Å². The SMILES string of the molecule is CCOC1CCN(C(=O)C=Cc2csc(Br)c2)CC1. The lowest BCUT2D eigenvalue weighted by molar-refractivity contribution is -0.128. The van der Waals surface area contributed by atoms with Crippen molar-refractivity contribution in [1.29, 1.82) is 0 Å². The first-order valence-corrected chi connectivity index (χ1v) is 8.19. The van der Waals surface area contributed by atoms with E-state index < -0.39 is 0 Å². The highest BCUT2D eigenvalue weighted by atomic mass is 79.9. The molecule has 1 aliphatic rings. The lowest BCUT2D eigenvalue weighted by atomic mass is 10.1. The van der Waals surface area contributed by atoms with Crippen molar-refractivity contribution in [3.8, 4) is 0 Å². The second kappa shape index (κ2) is 7.22. The number of ether oxygens (including phenoxy) is 1. The molecule has 1 fully saturated rings. The average molecular weight is 344 g/mol. The molecule has 1 aliphatic heterocycles. The number of piperidine rings is 1. The number of halogens is 1. The lowest BCUT2D eigenvalue weighted by Gasteiger charge is -2.31. The first-order chi connectivity index (χ1) is 9.19. The zero-order valence-electron chi connectivity index (χ0n) is 11.0. The molecule has 1 amide bonds. The highest BCUT2D eigenvalue weighted by Crippen LogP contribution is 2.21. The van der Waals surface area contributed by atoms with Gasteiger partial charge >= 0.3 is 0 Å². The number of nitrogens with zero attached hydrogens (tertiary/aromatic N) is 1. The molecule has 0 aliphatic carbocycles. The molecular formula is C14H18BrNO2S. The standard InChI is InChI=1S/C14H18BrNO2S/c1-2-18-12-5-7-16(8-6-12)14(17)4-3-11-9-13(15)19-10-11/h3-4,9-10,12H,2,5-8H2,1H3. The van der Waals surface area contributed by atoms with Crippen LogP contribution in [0.4, 0.5) is 0 Å². The second-order valence-corrected chi connectivity index (χ2v) is 6.79. The summed E-state index contributed by atoms with van der Waals surface area (Å²) in [5.41, 5.74) is 1.06. The fourth-order valence-corrected chi connectivity index (χ4v) is 3.31. The number of carbonyl (C=O) groups excluding carboxylic acids is 1. The van der Waals surface area contributed by atoms with E-state index >= 15 is 0 Å². The van der Waals surface area contributed by atoms with E-state index in [9.17, 15) is 4.79 Å². The van der Waals surface area contributed by atoms with Gasteiger partial charge in [-0.25, -0.2) is 0 Å². The molecule has 0 N–H and O–H groups in total. The maximum atomic E-state index is 12.0. The summed E-state index contributed by atoms with van der Waals surface area (Å²) >= 11 is 5.03. The van der Waals surface area contributed by atoms with Gasteiger partial charge in [-0.05, 0) is 58.8 Å². The summed E-state index contributed by atoms with van der Waals surface area (Å²) in [7, 11) is 0. The van der Waals surface area contributed by atoms with Crippen LogP contribution >= 0.6 is 27.3 Å². The molecule has 0 radical (unpaired) electrons. The minimum absolute atomic E-state index is 0.0947. The molecule has 19 heavy (non-hydrogen) atoms. The van der Waals surface area contributed by atoms with Crippen LogP contribution in [0.2, 0.25) is 0 Å². The van der Waals surface area contributed by atoms with Crippen LogP contribution in [0.15, 0.2) is 21.3 Å². The third-order valence-corrected chi connectivity index (χ3v) is 4.68. The van der Waals surface area contributed by atoms with Crippen LogP contribution in [0.1, 0.15) is 25.3 Å². The predicted octanol–water partition coefficient (Wildman–Crippen LogP) is 3.55. The van der Waals surface area contributed by atoms with Gasteiger partial charge in [0.15, 0.2) is 0 Å². The Balaban J connectivity index is 1.83. The van der Waals surface area contributed by atoms with Crippen molar-refractivity contribution in [2.75, 3.05) is 19.7 Å². The number of rotatable bonds is 4. The number of hydrogen-bond acceptors (Lipinski definition) is 3. The van der Waals surface area contributed by atoms with E-state index in [1.54, 1.807) is 17.4 Å². The van der Waals surface area contributed by atoms with Gasteiger partial charge in [-0.15, -0.1) is 11.3 Å². The lowest BCUT2D eigenvalue weighted by Crippen LogP contribution is -2.40. The molecule has 0 spiro atoms. The van der Waals surface area contributed by atoms with Gasteiger partial charge in [-0.2, -0.15) is 0 Å². The van der Waals surface area contributed by atoms with Crippen LogP contribution in [0.3, 0.4) is 0 Å². The molecule has 1 saturated heterocycles. The van der Waals surface area contributed by atoms with Gasteiger partial charge in [-0.1, -0.05) is 0 Å². The van der Waals surface area contributed by atoms with Crippen molar-refractivity contribution < 1.29 is 9.53 Å². The van der Waals surface area contributed by atoms with E-state index in [1.165, 1.54) is 0 Å². The van der Waals surface area contributed by atoms with E-state index in [0.29, 0.717) is 6.10 Å². The largest absolute Gasteiger partial charge is 0.378 e. The van der Waals surface area contributed by atoms with Crippen LogP contribution in [0, 0.1) is 0 Å². The van der Waals surface area contributed by atoms with Crippen LogP contribution in [0.25, 0.3) is 6.08 Å². The van der Waals surface area contributed by atoms with Gasteiger partial charge in [0.25, 0.3) is 0 Å². The first-order valence-electron chi connectivity index (χ1n) is 6.51. The minimum Gasteiger partial charge on any atom is -0.378 e. The predicted molar refractivity (Wildman–Crippen MR) is 82.3 cm³/mol. The zero-order chi connectivity index (χ0) is 13.7. The third kappa shape index (κ3) is 4.44. The maximum absolute atomic E-state index is 12.0. The van der Waals surface area contributed by atoms with Crippen LogP contribution < -0.4 is 0 Å². The van der Waals surface area contributed by atoms with Gasteiger partial charge < -0.3 is 9.64 Å². The fourth-order valence-electron chi connectivity index (χ4n) is 2.16. The van der Waals surface area contributed by atoms with Gasteiger partial charge in [0.1, 0.15) is 0 Å². The van der Waals surface area contributed by atoms with Crippen molar-refractivity contribution in [3.63, 3.8) is 0 Å². The molecule has 1 aromatic heterocycles. The number of thiophene rings is 1. The maximum Gasteiger partial charge on any atom is 0.246 e. The topological polar surface area (TPSA) is 29.5 Å². The molecule has 0 atom stereocenters. The van der Waals surface area contributed by atoms with Crippen molar-refractivity contribution in [3.05, 3.63) is 26.9 Å². The van der Waals surface area contributed by atoms with Gasteiger partial charge in [0.05, 0.1) is 9.89 Å². The molecule has 1 aromatic rings. The van der Waals surface area contributed by atoms with Gasteiger partial charge in [-0.3, -0.25) is 4.79 Å². The highest BCUT2D eigenvalue weighted by Gasteiger charge is 2.21. The Hall–Kier alpha value is -0.650.